The first kappa shape index (κ1) is 31.3. The van der Waals surface area contributed by atoms with E-state index >= 15 is 0 Å². The minimum atomic E-state index is -0.312. The van der Waals surface area contributed by atoms with Crippen molar-refractivity contribution >= 4 is 34.6 Å². The van der Waals surface area contributed by atoms with E-state index in [1.165, 1.54) is 12.4 Å². The van der Waals surface area contributed by atoms with Crippen LogP contribution < -0.4 is 30.1 Å². The van der Waals surface area contributed by atoms with Crippen molar-refractivity contribution in [1.29, 1.82) is 0 Å². The molecule has 2 N–H and O–H groups in total. The monoisotopic (exact) mass is 609 g/mol. The van der Waals surface area contributed by atoms with E-state index in [-0.39, 0.29) is 11.9 Å². The molecule has 234 valence electrons. The van der Waals surface area contributed by atoms with Crippen LogP contribution in [0, 0.1) is 0 Å². The molecule has 1 fully saturated rings. The second kappa shape index (κ2) is 14.6. The number of amides is 1. The smallest absolute Gasteiger partial charge is 0.247 e. The molecule has 1 unspecified atom stereocenters. The van der Waals surface area contributed by atoms with Crippen molar-refractivity contribution in [3.05, 3.63) is 97.3 Å². The third-order valence-corrected chi connectivity index (χ3v) is 7.32. The number of benzene rings is 3. The van der Waals surface area contributed by atoms with Crippen molar-refractivity contribution in [3.8, 4) is 17.2 Å². The van der Waals surface area contributed by atoms with Gasteiger partial charge in [0.2, 0.25) is 5.91 Å². The van der Waals surface area contributed by atoms with Crippen LogP contribution in [0.15, 0.2) is 91.8 Å². The maximum absolute atomic E-state index is 12.3. The van der Waals surface area contributed by atoms with Crippen molar-refractivity contribution in [2.75, 3.05) is 68.5 Å². The maximum atomic E-state index is 12.3. The summed E-state index contributed by atoms with van der Waals surface area (Å²) < 4.78 is 11.8. The van der Waals surface area contributed by atoms with Crippen LogP contribution in [0.4, 0.5) is 28.7 Å². The zero-order valence-electron chi connectivity index (χ0n) is 26.1. The average Bonchev–Trinajstić information content (AvgIpc) is 3.55. The van der Waals surface area contributed by atoms with Gasteiger partial charge in [0.25, 0.3) is 0 Å². The Morgan fingerprint density at radius 1 is 1.02 bits per heavy atom. The minimum Gasteiger partial charge on any atom is -0.494 e. The number of ether oxygens (including phenoxy) is 2. The number of carbonyl (C=O) groups is 1. The Balaban J connectivity index is 1.39. The zero-order valence-corrected chi connectivity index (χ0v) is 26.1. The van der Waals surface area contributed by atoms with Gasteiger partial charge in [0, 0.05) is 38.7 Å². The van der Waals surface area contributed by atoms with Crippen LogP contribution in [-0.4, -0.2) is 68.7 Å². The molecule has 0 aliphatic carbocycles. The Morgan fingerprint density at radius 3 is 2.58 bits per heavy atom. The maximum Gasteiger partial charge on any atom is 0.247 e. The van der Waals surface area contributed by atoms with Crippen LogP contribution in [0.5, 0.6) is 17.2 Å². The fourth-order valence-corrected chi connectivity index (χ4v) is 4.99. The fourth-order valence-electron chi connectivity index (χ4n) is 4.99. The van der Waals surface area contributed by atoms with E-state index in [9.17, 15) is 4.79 Å². The minimum absolute atomic E-state index is 0.0701. The number of para-hydroxylation sites is 1. The molecule has 3 aromatic carbocycles. The van der Waals surface area contributed by atoms with Crippen molar-refractivity contribution in [2.24, 2.45) is 0 Å². The molecule has 5 rings (SSSR count). The predicted octanol–water partition coefficient (Wildman–Crippen LogP) is 6.03. The summed E-state index contributed by atoms with van der Waals surface area (Å²) in [6.45, 7) is 5.72. The Morgan fingerprint density at radius 2 is 1.82 bits per heavy atom. The molecule has 0 spiro atoms. The molecular formula is C34H39N7O4. The number of hydrogen-bond donors (Lipinski definition) is 2. The summed E-state index contributed by atoms with van der Waals surface area (Å²) in [4.78, 5) is 31.5. The fraction of sp³-hybridized carbons (Fsp3) is 0.265. The molecule has 1 amide bonds. The lowest BCUT2D eigenvalue weighted by molar-refractivity contribution is -0.111. The SMILES string of the molecule is C=CC(=O)Nc1cc(Nc2cc(N3OCCC3c3cccc(Oc4ccccc4)c3)ncn2)c(OC)cc1N(C)CCN(C)C. The van der Waals surface area contributed by atoms with E-state index in [2.05, 4.69) is 43.0 Å². The molecule has 0 saturated carbocycles. The zero-order chi connectivity index (χ0) is 31.8. The van der Waals surface area contributed by atoms with E-state index < -0.39 is 0 Å². The van der Waals surface area contributed by atoms with Gasteiger partial charge in [-0.3, -0.25) is 9.63 Å². The Hall–Kier alpha value is -5.13. The van der Waals surface area contributed by atoms with Gasteiger partial charge < -0.3 is 29.9 Å². The van der Waals surface area contributed by atoms with Gasteiger partial charge in [0.15, 0.2) is 5.82 Å². The highest BCUT2D eigenvalue weighted by molar-refractivity contribution is 6.02. The first-order chi connectivity index (χ1) is 21.8. The number of hydrogen-bond acceptors (Lipinski definition) is 10. The number of anilines is 5. The van der Waals surface area contributed by atoms with Crippen LogP contribution in [0.3, 0.4) is 0 Å². The van der Waals surface area contributed by atoms with Crippen LogP contribution in [0.1, 0.15) is 18.0 Å². The molecule has 1 atom stereocenters. The number of nitrogens with zero attached hydrogens (tertiary/aromatic N) is 5. The first-order valence-corrected chi connectivity index (χ1v) is 14.7. The predicted molar refractivity (Wildman–Crippen MR) is 178 cm³/mol. The highest BCUT2D eigenvalue weighted by atomic mass is 16.7. The first-order valence-electron chi connectivity index (χ1n) is 14.7. The third kappa shape index (κ3) is 7.88. The van der Waals surface area contributed by atoms with Crippen molar-refractivity contribution in [3.63, 3.8) is 0 Å². The summed E-state index contributed by atoms with van der Waals surface area (Å²) >= 11 is 0. The third-order valence-electron chi connectivity index (χ3n) is 7.32. The summed E-state index contributed by atoms with van der Waals surface area (Å²) in [6.07, 6.45) is 3.51. The topological polar surface area (TPSA) is 104 Å². The molecule has 0 bridgehead atoms. The molecule has 45 heavy (non-hydrogen) atoms. The van der Waals surface area contributed by atoms with E-state index in [0.29, 0.717) is 35.4 Å². The van der Waals surface area contributed by atoms with E-state index in [0.717, 1.165) is 42.3 Å². The second-order valence-electron chi connectivity index (χ2n) is 10.8. The number of carbonyl (C=O) groups excluding carboxylic acids is 1. The van der Waals surface area contributed by atoms with Crippen molar-refractivity contribution in [2.45, 2.75) is 12.5 Å². The number of rotatable bonds is 13. The molecule has 1 aliphatic heterocycles. The Bertz CT molecular complexity index is 1620. The number of likely N-dealkylation sites (N-methyl/N-ethyl adjacent to an activating group) is 2. The second-order valence-corrected chi connectivity index (χ2v) is 10.8. The van der Waals surface area contributed by atoms with Crippen LogP contribution in [0.2, 0.25) is 0 Å². The van der Waals surface area contributed by atoms with E-state index in [1.54, 1.807) is 7.11 Å². The largest absolute Gasteiger partial charge is 0.494 e. The lowest BCUT2D eigenvalue weighted by Gasteiger charge is -2.26. The standard InChI is InChI=1S/C34H39N7O4/c1-6-34(42)38-27-20-28(31(43-5)21-30(27)40(4)17-16-39(2)3)37-32-22-33(36-23-35-32)41-29(15-18-44-41)24-11-10-14-26(19-24)45-25-12-8-7-9-13-25/h6-14,19-23,29H,1,15-18H2,2-5H3,(H,38,42)(H,35,36,37). The van der Waals surface area contributed by atoms with Gasteiger partial charge in [0.1, 0.15) is 29.4 Å². The summed E-state index contributed by atoms with van der Waals surface area (Å²) in [5, 5.41) is 8.08. The highest BCUT2D eigenvalue weighted by Crippen LogP contribution is 2.40. The number of hydroxylamine groups is 1. The molecular weight excluding hydrogens is 570 g/mol. The van der Waals surface area contributed by atoms with Crippen LogP contribution in [0.25, 0.3) is 0 Å². The highest BCUT2D eigenvalue weighted by Gasteiger charge is 2.29. The lowest BCUT2D eigenvalue weighted by Crippen LogP contribution is -2.29. The van der Waals surface area contributed by atoms with Crippen molar-refractivity contribution < 1.29 is 19.1 Å². The van der Waals surface area contributed by atoms with Gasteiger partial charge >= 0.3 is 0 Å². The van der Waals surface area contributed by atoms with Crippen molar-refractivity contribution in [1.82, 2.24) is 14.9 Å². The normalized spacial score (nSPS) is 14.2. The number of aromatic nitrogens is 2. The van der Waals surface area contributed by atoms with E-state index in [4.69, 9.17) is 14.3 Å². The van der Waals surface area contributed by atoms with Gasteiger partial charge in [-0.1, -0.05) is 36.9 Å². The quantitative estimate of drug-likeness (QED) is 0.175. The van der Waals surface area contributed by atoms with Gasteiger partial charge in [-0.2, -0.15) is 0 Å². The molecule has 1 saturated heterocycles. The summed E-state index contributed by atoms with van der Waals surface area (Å²) in [5.41, 5.74) is 3.09. The number of nitrogens with one attached hydrogen (secondary N) is 2. The molecule has 4 aromatic rings. The molecule has 0 radical (unpaired) electrons. The summed E-state index contributed by atoms with van der Waals surface area (Å²) in [6, 6.07) is 23.2. The van der Waals surface area contributed by atoms with Gasteiger partial charge in [-0.25, -0.2) is 15.0 Å². The number of methoxy groups -OCH3 is 1. The summed E-state index contributed by atoms with van der Waals surface area (Å²) in [7, 11) is 7.62. The van der Waals surface area contributed by atoms with Crippen LogP contribution >= 0.6 is 0 Å². The van der Waals surface area contributed by atoms with Gasteiger partial charge in [-0.05, 0) is 56.1 Å². The average molecular weight is 610 g/mol. The Labute approximate surface area is 264 Å². The van der Waals surface area contributed by atoms with Gasteiger partial charge in [0.05, 0.1) is 36.8 Å². The molecule has 11 nitrogen and oxygen atoms in total. The molecule has 1 aromatic heterocycles. The molecule has 1 aliphatic rings. The lowest BCUT2D eigenvalue weighted by atomic mass is 10.0. The molecule has 2 heterocycles. The van der Waals surface area contributed by atoms with Gasteiger partial charge in [-0.15, -0.1) is 0 Å². The van der Waals surface area contributed by atoms with Crippen LogP contribution in [-0.2, 0) is 9.63 Å². The summed E-state index contributed by atoms with van der Waals surface area (Å²) in [5.74, 6) is 2.93. The molecule has 11 heteroatoms. The Kier molecular flexibility index (Phi) is 10.1. The van der Waals surface area contributed by atoms with E-state index in [1.807, 2.05) is 92.9 Å².